The number of hydrogen-bond acceptors (Lipinski definition) is 19. The minimum absolute atomic E-state index is 0. The number of carboxylic acids is 12. The fourth-order valence-electron chi connectivity index (χ4n) is 5.27. The Balaban J connectivity index is -0.000000120. The molecule has 0 saturated carbocycles. The van der Waals surface area contributed by atoms with Gasteiger partial charge in [0.2, 0.25) is 0 Å². The molecule has 0 saturated heterocycles. The maximum absolute atomic E-state index is 10.8. The molecule has 35 heteroatoms. The van der Waals surface area contributed by atoms with Crippen molar-refractivity contribution in [1.29, 1.82) is 0 Å². The number of rotatable bonds is 30. The second kappa shape index (κ2) is 37.6. The van der Waals surface area contributed by atoms with E-state index in [1.807, 2.05) is 0 Å². The summed E-state index contributed by atoms with van der Waals surface area (Å²) in [4.78, 5) is 129. The van der Waals surface area contributed by atoms with Gasteiger partial charge >= 0.3 is 71.6 Å². The molecule has 0 bridgehead atoms. The van der Waals surface area contributed by atoms with Gasteiger partial charge in [-0.25, -0.2) is 0 Å². The summed E-state index contributed by atoms with van der Waals surface area (Å²) in [5.74, 6) is -16.7. The normalized spacial score (nSPS) is 11.7. The van der Waals surface area contributed by atoms with E-state index < -0.39 is 184 Å². The first kappa shape index (κ1) is 77.7. The van der Waals surface area contributed by atoms with E-state index in [1.54, 1.807) is 0 Å². The molecule has 65 heavy (non-hydrogen) atoms. The summed E-state index contributed by atoms with van der Waals surface area (Å²) in [7, 11) is 0. The second-order valence-corrected chi connectivity index (χ2v) is 12.7. The zero-order chi connectivity index (χ0) is 47.8. The number of nitrogens with two attached hydrogens (primary N) is 3. The zero-order valence-electron chi connectivity index (χ0n) is 33.3. The fraction of sp³-hybridized carbons (Fsp3) is 0.600. The summed E-state index contributed by atoms with van der Waals surface area (Å²) in [6, 6.07) is -4.15. The van der Waals surface area contributed by atoms with Crippen molar-refractivity contribution in [1.82, 2.24) is 22.1 Å². The van der Waals surface area contributed by atoms with Crippen LogP contribution in [0.2, 0.25) is 0 Å². The smallest absolute Gasteiger partial charge is 0.317 e. The van der Waals surface area contributed by atoms with Gasteiger partial charge in [-0.3, -0.25) is 73.5 Å². The third kappa shape index (κ3) is 36.4. The molecule has 0 aliphatic rings. The quantitative estimate of drug-likeness (QED) is 0.0299. The first-order chi connectivity index (χ1) is 27.3. The van der Waals surface area contributed by atoms with Crippen LogP contribution in [-0.2, 0) is 126 Å². The van der Waals surface area contributed by atoms with E-state index in [2.05, 4.69) is 16.0 Å². The molecule has 0 aromatic rings. The van der Waals surface area contributed by atoms with E-state index in [0.29, 0.717) is 0 Å². The molecule has 24 N–H and O–H groups in total. The van der Waals surface area contributed by atoms with Crippen LogP contribution in [0.3, 0.4) is 0 Å². The predicted octanol–water partition coefficient (Wildman–Crippen LogP) is -5.40. The van der Waals surface area contributed by atoms with Crippen LogP contribution in [0.4, 0.5) is 0 Å². The molecule has 382 valence electrons. The average Bonchev–Trinajstić information content (AvgIpc) is 3.03. The van der Waals surface area contributed by atoms with Crippen molar-refractivity contribution in [2.24, 2.45) is 17.2 Å². The van der Waals surface area contributed by atoms with Gasteiger partial charge in [0, 0.05) is 86.4 Å². The largest absolute Gasteiger partial charge is 0.481 e. The molecule has 0 amide bonds. The van der Waals surface area contributed by atoms with Crippen molar-refractivity contribution in [2.45, 2.75) is 92.5 Å². The van der Waals surface area contributed by atoms with E-state index in [1.165, 1.54) is 0 Å². The van der Waals surface area contributed by atoms with Crippen LogP contribution >= 0.6 is 0 Å². The minimum atomic E-state index is -1.87. The van der Waals surface area contributed by atoms with E-state index >= 15 is 0 Å². The summed E-state index contributed by atoms with van der Waals surface area (Å²) >= 11 is 0. The third-order valence-corrected chi connectivity index (χ3v) is 7.89. The number of carbonyl (C=O) groups is 12. The molecule has 0 heterocycles. The third-order valence-electron chi connectivity index (χ3n) is 7.89. The van der Waals surface area contributed by atoms with Gasteiger partial charge < -0.3 is 84.6 Å². The molecule has 0 aliphatic carbocycles. The summed E-state index contributed by atoms with van der Waals surface area (Å²) in [5.41, 5.74) is 11.1. The SMILES string of the molecule is N.NC(CC(=O)O)C(CC(=O)O)(CC(=O)O)NCC(=O)O.NC(CC(=O)O)C(CC(=O)O)(CC(=O)O)NCC(=O)O.NC(CC(=O)O)C(CC(=O)O)(CC(=O)O)NCC(=O)O.[Fe].[Fe].[Fe].[Fe]. The molecular formula is C30H51Fe4N7O24. The van der Waals surface area contributed by atoms with Crippen LogP contribution in [0.25, 0.3) is 0 Å². The molecule has 0 rings (SSSR count). The standard InChI is InChI=1S/3C10H16N2O8.4Fe.H3N/c3*11-5(1-6(13)14)10(2-7(15)16,3-8(17)18)12-4-9(19)20;;;;;/h3*5,12H,1-4,11H2,(H,13,14)(H,15,16)(H,17,18)(H,19,20);;;;;1H3. The van der Waals surface area contributed by atoms with E-state index in [-0.39, 0.29) is 74.4 Å². The first-order valence-electron chi connectivity index (χ1n) is 16.4. The second-order valence-electron chi connectivity index (χ2n) is 12.7. The summed E-state index contributed by atoms with van der Waals surface area (Å²) in [6.07, 6.45) is -7.01. The van der Waals surface area contributed by atoms with Crippen molar-refractivity contribution < 1.29 is 187 Å². The molecule has 3 atom stereocenters. The molecule has 31 nitrogen and oxygen atoms in total. The van der Waals surface area contributed by atoms with E-state index in [4.69, 9.17) is 78.5 Å². The number of hydrogen-bond donors (Lipinski definition) is 19. The maximum atomic E-state index is 10.8. The first-order valence-corrected chi connectivity index (χ1v) is 16.4. The van der Waals surface area contributed by atoms with Crippen molar-refractivity contribution >= 4 is 71.6 Å². The van der Waals surface area contributed by atoms with Crippen molar-refractivity contribution in [3.8, 4) is 0 Å². The topological polar surface area (TPSA) is 597 Å². The Morgan fingerprint density at radius 2 is 0.446 bits per heavy atom. The van der Waals surface area contributed by atoms with Gasteiger partial charge in [0.05, 0.1) is 94.0 Å². The molecule has 0 aliphatic heterocycles. The Morgan fingerprint density at radius 1 is 0.308 bits per heavy atom. The van der Waals surface area contributed by atoms with Gasteiger partial charge in [0.25, 0.3) is 0 Å². The number of aliphatic carboxylic acids is 12. The molecule has 0 fully saturated rings. The van der Waals surface area contributed by atoms with Crippen LogP contribution in [0.5, 0.6) is 0 Å². The Bertz CT molecular complexity index is 1380. The molecule has 0 spiro atoms. The summed E-state index contributed by atoms with van der Waals surface area (Å²) in [5, 5.41) is 112. The van der Waals surface area contributed by atoms with Crippen molar-refractivity contribution in [3.05, 3.63) is 0 Å². The molecular weight excluding hydrogens is 1070 g/mol. The zero-order valence-corrected chi connectivity index (χ0v) is 37.8. The number of carboxylic acid groups (broad SMARTS) is 12. The van der Waals surface area contributed by atoms with Crippen molar-refractivity contribution in [2.75, 3.05) is 19.6 Å². The Labute approximate surface area is 408 Å². The van der Waals surface area contributed by atoms with Gasteiger partial charge in [-0.15, -0.1) is 0 Å². The van der Waals surface area contributed by atoms with Crippen LogP contribution in [-0.4, -0.2) is 187 Å². The minimum Gasteiger partial charge on any atom is -0.481 e. The Morgan fingerprint density at radius 3 is 0.538 bits per heavy atom. The fourth-order valence-corrected chi connectivity index (χ4v) is 5.27. The average molecular weight is 1120 g/mol. The predicted molar refractivity (Wildman–Crippen MR) is 194 cm³/mol. The van der Waals surface area contributed by atoms with Gasteiger partial charge in [0.1, 0.15) is 0 Å². The van der Waals surface area contributed by atoms with Crippen LogP contribution in [0, 0.1) is 0 Å². The number of nitrogens with one attached hydrogen (secondary N) is 3. The molecule has 0 aromatic carbocycles. The Hall–Kier alpha value is -4.56. The van der Waals surface area contributed by atoms with E-state index in [0.717, 1.165) is 0 Å². The summed E-state index contributed by atoms with van der Waals surface area (Å²) in [6.45, 7) is -2.23. The van der Waals surface area contributed by atoms with Crippen LogP contribution in [0.1, 0.15) is 57.8 Å². The summed E-state index contributed by atoms with van der Waals surface area (Å²) < 4.78 is 0. The molecule has 3 unspecified atom stereocenters. The van der Waals surface area contributed by atoms with Crippen LogP contribution < -0.4 is 39.3 Å². The van der Waals surface area contributed by atoms with Gasteiger partial charge in [-0.2, -0.15) is 0 Å². The van der Waals surface area contributed by atoms with Crippen molar-refractivity contribution in [3.63, 3.8) is 0 Å². The van der Waals surface area contributed by atoms with Gasteiger partial charge in [-0.05, 0) is 0 Å². The Kier molecular flexibility index (Phi) is 45.0. The maximum Gasteiger partial charge on any atom is 0.317 e. The van der Waals surface area contributed by atoms with E-state index in [9.17, 15) is 57.5 Å². The molecule has 0 radical (unpaired) electrons. The van der Waals surface area contributed by atoms with Gasteiger partial charge in [0.15, 0.2) is 0 Å². The van der Waals surface area contributed by atoms with Gasteiger partial charge in [-0.1, -0.05) is 0 Å². The van der Waals surface area contributed by atoms with Crippen LogP contribution in [0.15, 0.2) is 0 Å². The molecule has 0 aromatic heterocycles. The monoisotopic (exact) mass is 1120 g/mol.